The Hall–Kier alpha value is -2.80. The number of hydrogen-bond donors (Lipinski definition) is 2. The molecule has 0 aliphatic carbocycles. The summed E-state index contributed by atoms with van der Waals surface area (Å²) in [7, 11) is 0. The predicted octanol–water partition coefficient (Wildman–Crippen LogP) is 4.85. The van der Waals surface area contributed by atoms with E-state index in [1.807, 2.05) is 38.1 Å². The molecule has 3 aromatic rings. The molecular weight excluding hydrogens is 384 g/mol. The molecule has 0 atom stereocenters. The lowest BCUT2D eigenvalue weighted by Crippen LogP contribution is -2.14. The Balaban J connectivity index is 1.46. The van der Waals surface area contributed by atoms with Gasteiger partial charge in [-0.1, -0.05) is 43.8 Å². The zero-order valence-electron chi connectivity index (χ0n) is 17.2. The van der Waals surface area contributed by atoms with E-state index in [1.165, 1.54) is 17.3 Å². The molecule has 6 nitrogen and oxygen atoms in total. The van der Waals surface area contributed by atoms with Crippen LogP contribution in [-0.4, -0.2) is 26.8 Å². The van der Waals surface area contributed by atoms with Crippen molar-refractivity contribution in [1.82, 2.24) is 15.2 Å². The number of carbonyl (C=O) groups is 1. The molecule has 0 aliphatic heterocycles. The van der Waals surface area contributed by atoms with Gasteiger partial charge in [0.1, 0.15) is 12.4 Å². The minimum atomic E-state index is -0.0900. The highest BCUT2D eigenvalue weighted by atomic mass is 32.2. The highest BCUT2D eigenvalue weighted by molar-refractivity contribution is 7.99. The Morgan fingerprint density at radius 2 is 1.83 bits per heavy atom. The number of carbonyl (C=O) groups excluding carboxylic acids is 1. The van der Waals surface area contributed by atoms with Crippen LogP contribution in [0.15, 0.2) is 47.6 Å². The molecule has 0 unspecified atom stereocenters. The van der Waals surface area contributed by atoms with Gasteiger partial charge in [0.05, 0.1) is 5.75 Å². The first-order valence-electron chi connectivity index (χ1n) is 9.54. The van der Waals surface area contributed by atoms with Crippen LogP contribution < -0.4 is 10.1 Å². The molecule has 2 N–H and O–H groups in total. The summed E-state index contributed by atoms with van der Waals surface area (Å²) in [5.74, 6) is 2.04. The highest BCUT2D eigenvalue weighted by Crippen LogP contribution is 2.20. The van der Waals surface area contributed by atoms with Gasteiger partial charge in [0, 0.05) is 5.69 Å². The second-order valence-electron chi connectivity index (χ2n) is 7.29. The number of benzene rings is 2. The van der Waals surface area contributed by atoms with Crippen molar-refractivity contribution in [2.45, 2.75) is 45.4 Å². The van der Waals surface area contributed by atoms with Crippen LogP contribution in [-0.2, 0) is 11.4 Å². The van der Waals surface area contributed by atoms with Crippen molar-refractivity contribution in [3.63, 3.8) is 0 Å². The first kappa shape index (κ1) is 20.9. The van der Waals surface area contributed by atoms with Crippen molar-refractivity contribution in [3.8, 4) is 5.75 Å². The lowest BCUT2D eigenvalue weighted by Gasteiger charge is -2.07. The standard InChI is InChI=1S/C22H26N4O2S/c1-14(2)17-5-7-19(8-6-17)28-12-20-24-22(26-25-20)29-13-21(27)23-18-10-15(3)9-16(4)11-18/h5-11,14H,12-13H2,1-4H3,(H,23,27)(H,24,25,26). The monoisotopic (exact) mass is 410 g/mol. The molecule has 152 valence electrons. The largest absolute Gasteiger partial charge is 0.486 e. The fourth-order valence-corrected chi connectivity index (χ4v) is 3.50. The third kappa shape index (κ3) is 6.35. The second-order valence-corrected chi connectivity index (χ2v) is 8.23. The summed E-state index contributed by atoms with van der Waals surface area (Å²) in [4.78, 5) is 16.5. The SMILES string of the molecule is Cc1cc(C)cc(NC(=O)CSc2n[nH]c(COc3ccc(C(C)C)cc3)n2)c1. The van der Waals surface area contributed by atoms with Gasteiger partial charge in [-0.25, -0.2) is 4.98 Å². The molecule has 1 aromatic heterocycles. The maximum atomic E-state index is 12.2. The zero-order valence-corrected chi connectivity index (χ0v) is 18.0. The van der Waals surface area contributed by atoms with Crippen molar-refractivity contribution >= 4 is 23.4 Å². The zero-order chi connectivity index (χ0) is 20.8. The van der Waals surface area contributed by atoms with Crippen molar-refractivity contribution < 1.29 is 9.53 Å². The minimum absolute atomic E-state index is 0.0900. The number of H-pyrrole nitrogens is 1. The molecular formula is C22H26N4O2S. The van der Waals surface area contributed by atoms with E-state index in [0.717, 1.165) is 22.6 Å². The summed E-state index contributed by atoms with van der Waals surface area (Å²) in [6.07, 6.45) is 0. The fraction of sp³-hybridized carbons (Fsp3) is 0.318. The molecule has 0 fully saturated rings. The molecule has 1 heterocycles. The van der Waals surface area contributed by atoms with Crippen molar-refractivity contribution in [2.24, 2.45) is 0 Å². The molecule has 2 aromatic carbocycles. The summed E-state index contributed by atoms with van der Waals surface area (Å²) in [5, 5.41) is 10.4. The quantitative estimate of drug-likeness (QED) is 0.519. The molecule has 7 heteroatoms. The topological polar surface area (TPSA) is 79.9 Å². The number of ether oxygens (including phenoxy) is 1. The lowest BCUT2D eigenvalue weighted by atomic mass is 10.0. The van der Waals surface area contributed by atoms with Gasteiger partial charge in [-0.15, -0.1) is 5.10 Å². The normalized spacial score (nSPS) is 10.9. The Kier molecular flexibility index (Phi) is 6.93. The number of thioether (sulfide) groups is 1. The highest BCUT2D eigenvalue weighted by Gasteiger charge is 2.09. The average molecular weight is 411 g/mol. The summed E-state index contributed by atoms with van der Waals surface area (Å²) >= 11 is 1.28. The molecule has 3 rings (SSSR count). The van der Waals surface area contributed by atoms with Crippen LogP contribution in [0.1, 0.15) is 42.3 Å². The first-order valence-corrected chi connectivity index (χ1v) is 10.5. The number of hydrogen-bond acceptors (Lipinski definition) is 5. The van der Waals surface area contributed by atoms with Gasteiger partial charge in [0.25, 0.3) is 0 Å². The Morgan fingerprint density at radius 1 is 1.14 bits per heavy atom. The van der Waals surface area contributed by atoms with Gasteiger partial charge in [-0.05, 0) is 60.7 Å². The molecule has 0 spiro atoms. The number of aromatic nitrogens is 3. The van der Waals surface area contributed by atoms with Crippen molar-refractivity contribution in [3.05, 3.63) is 65.0 Å². The van der Waals surface area contributed by atoms with Gasteiger partial charge >= 0.3 is 0 Å². The summed E-state index contributed by atoms with van der Waals surface area (Å²) in [6.45, 7) is 8.63. The van der Waals surface area contributed by atoms with Crippen LogP contribution in [0.3, 0.4) is 0 Å². The summed E-state index contributed by atoms with van der Waals surface area (Å²) in [5.41, 5.74) is 4.31. The van der Waals surface area contributed by atoms with E-state index in [9.17, 15) is 4.79 Å². The van der Waals surface area contributed by atoms with Crippen molar-refractivity contribution in [2.75, 3.05) is 11.1 Å². The van der Waals surface area contributed by atoms with E-state index in [4.69, 9.17) is 4.74 Å². The lowest BCUT2D eigenvalue weighted by molar-refractivity contribution is -0.113. The molecule has 0 saturated heterocycles. The average Bonchev–Trinajstić information content (AvgIpc) is 3.12. The van der Waals surface area contributed by atoms with E-state index < -0.39 is 0 Å². The van der Waals surface area contributed by atoms with Crippen LogP contribution in [0.25, 0.3) is 0 Å². The predicted molar refractivity (Wildman–Crippen MR) is 117 cm³/mol. The Labute approximate surface area is 175 Å². The van der Waals surface area contributed by atoms with E-state index in [-0.39, 0.29) is 11.7 Å². The van der Waals surface area contributed by atoms with E-state index in [2.05, 4.69) is 52.5 Å². The van der Waals surface area contributed by atoms with Gasteiger partial charge in [-0.3, -0.25) is 9.89 Å². The Bertz CT molecular complexity index is 947. The summed E-state index contributed by atoms with van der Waals surface area (Å²) in [6, 6.07) is 14.0. The molecule has 29 heavy (non-hydrogen) atoms. The second kappa shape index (κ2) is 9.60. The van der Waals surface area contributed by atoms with E-state index in [0.29, 0.717) is 23.5 Å². The molecule has 0 bridgehead atoms. The third-order valence-corrected chi connectivity index (χ3v) is 5.12. The van der Waals surface area contributed by atoms with Crippen molar-refractivity contribution in [1.29, 1.82) is 0 Å². The smallest absolute Gasteiger partial charge is 0.234 e. The number of nitrogens with zero attached hydrogens (tertiary/aromatic N) is 2. The third-order valence-electron chi connectivity index (χ3n) is 4.27. The van der Waals surface area contributed by atoms with Gasteiger partial charge in [-0.2, -0.15) is 0 Å². The van der Waals surface area contributed by atoms with Gasteiger partial charge in [0.15, 0.2) is 5.82 Å². The van der Waals surface area contributed by atoms with Crippen LogP contribution in [0.5, 0.6) is 5.75 Å². The van der Waals surface area contributed by atoms with Gasteiger partial charge in [0.2, 0.25) is 11.1 Å². The van der Waals surface area contributed by atoms with Crippen LogP contribution in [0.4, 0.5) is 5.69 Å². The van der Waals surface area contributed by atoms with Crippen LogP contribution in [0, 0.1) is 13.8 Å². The molecule has 0 radical (unpaired) electrons. The number of amides is 1. The Morgan fingerprint density at radius 3 is 2.48 bits per heavy atom. The van der Waals surface area contributed by atoms with Crippen LogP contribution in [0.2, 0.25) is 0 Å². The number of anilines is 1. The molecule has 1 amide bonds. The summed E-state index contributed by atoms with van der Waals surface area (Å²) < 4.78 is 5.74. The van der Waals surface area contributed by atoms with E-state index >= 15 is 0 Å². The molecule has 0 aliphatic rings. The van der Waals surface area contributed by atoms with Gasteiger partial charge < -0.3 is 10.1 Å². The minimum Gasteiger partial charge on any atom is -0.486 e. The maximum absolute atomic E-state index is 12.2. The van der Waals surface area contributed by atoms with Crippen LogP contribution >= 0.6 is 11.8 Å². The number of aryl methyl sites for hydroxylation is 2. The number of rotatable bonds is 8. The first-order chi connectivity index (χ1) is 13.9. The maximum Gasteiger partial charge on any atom is 0.234 e. The van der Waals surface area contributed by atoms with E-state index in [1.54, 1.807) is 0 Å². The molecule has 0 saturated carbocycles. The fourth-order valence-electron chi connectivity index (χ4n) is 2.88. The number of aromatic amines is 1. The number of nitrogens with one attached hydrogen (secondary N) is 2.